The maximum atomic E-state index is 12.7. The highest BCUT2D eigenvalue weighted by atomic mass is 35.5. The molecule has 8 heteroatoms. The molecule has 1 aliphatic rings. The van der Waals surface area contributed by atoms with E-state index in [4.69, 9.17) is 16.3 Å². The number of carbonyl (C=O) groups excluding carboxylic acids is 3. The zero-order chi connectivity index (χ0) is 19.4. The number of fused-ring (bicyclic) bond motifs is 1. The minimum Gasteiger partial charge on any atom is -0.450 e. The van der Waals surface area contributed by atoms with Crippen molar-refractivity contribution in [2.45, 2.75) is 32.6 Å². The van der Waals surface area contributed by atoms with Crippen LogP contribution in [0.25, 0.3) is 0 Å². The Labute approximate surface area is 165 Å². The fourth-order valence-electron chi connectivity index (χ4n) is 3.02. The third-order valence-corrected chi connectivity index (χ3v) is 5.65. The number of amides is 3. The van der Waals surface area contributed by atoms with E-state index < -0.39 is 12.0 Å². The van der Waals surface area contributed by atoms with Gasteiger partial charge in [0, 0.05) is 15.5 Å². The van der Waals surface area contributed by atoms with Crippen molar-refractivity contribution in [2.75, 3.05) is 11.9 Å². The zero-order valence-electron chi connectivity index (χ0n) is 14.8. The van der Waals surface area contributed by atoms with Crippen LogP contribution in [-0.2, 0) is 17.6 Å². The molecule has 1 aliphatic carbocycles. The van der Waals surface area contributed by atoms with Gasteiger partial charge in [0.25, 0.3) is 11.8 Å². The van der Waals surface area contributed by atoms with Crippen molar-refractivity contribution in [3.63, 3.8) is 0 Å². The third-order valence-electron chi connectivity index (χ3n) is 4.20. The van der Waals surface area contributed by atoms with Crippen LogP contribution < -0.4 is 10.6 Å². The number of hydrogen-bond acceptors (Lipinski definition) is 5. The normalized spacial score (nSPS) is 12.8. The molecule has 1 aromatic heterocycles. The molecule has 3 amide bonds. The van der Waals surface area contributed by atoms with Crippen LogP contribution >= 0.6 is 22.9 Å². The number of benzene rings is 1. The van der Waals surface area contributed by atoms with Gasteiger partial charge in [-0.25, -0.2) is 4.79 Å². The summed E-state index contributed by atoms with van der Waals surface area (Å²) in [5, 5.41) is 5.93. The number of aryl methyl sites for hydroxylation is 1. The topological polar surface area (TPSA) is 84.5 Å². The molecule has 2 aromatic rings. The molecule has 0 unspecified atom stereocenters. The van der Waals surface area contributed by atoms with Crippen molar-refractivity contribution < 1.29 is 19.1 Å². The maximum absolute atomic E-state index is 12.7. The second-order valence-corrected chi connectivity index (χ2v) is 7.60. The molecule has 27 heavy (non-hydrogen) atoms. The average molecular weight is 407 g/mol. The number of nitrogens with one attached hydrogen (secondary N) is 2. The minimum atomic E-state index is -0.801. The maximum Gasteiger partial charge on any atom is 0.414 e. The lowest BCUT2D eigenvalue weighted by molar-refractivity contribution is 0.0925. The number of rotatable bonds is 4. The molecule has 2 N–H and O–H groups in total. The average Bonchev–Trinajstić information content (AvgIpc) is 2.99. The number of carbonyl (C=O) groups is 3. The molecule has 1 heterocycles. The van der Waals surface area contributed by atoms with Crippen molar-refractivity contribution in [3.05, 3.63) is 50.9 Å². The molecular formula is C19H19ClN2O4S. The Morgan fingerprint density at radius 1 is 1.19 bits per heavy atom. The van der Waals surface area contributed by atoms with Crippen LogP contribution in [0.2, 0.25) is 5.02 Å². The van der Waals surface area contributed by atoms with Crippen molar-refractivity contribution in [1.29, 1.82) is 0 Å². The van der Waals surface area contributed by atoms with E-state index in [9.17, 15) is 14.4 Å². The first kappa shape index (κ1) is 19.4. The Balaban J connectivity index is 1.90. The lowest BCUT2D eigenvalue weighted by Crippen LogP contribution is -2.32. The Hall–Kier alpha value is -2.38. The summed E-state index contributed by atoms with van der Waals surface area (Å²) in [7, 11) is 0. The van der Waals surface area contributed by atoms with E-state index in [1.807, 2.05) is 0 Å². The number of ether oxygens (including phenoxy) is 1. The highest BCUT2D eigenvalue weighted by molar-refractivity contribution is 7.17. The van der Waals surface area contributed by atoms with Crippen molar-refractivity contribution in [3.8, 4) is 0 Å². The highest BCUT2D eigenvalue weighted by Crippen LogP contribution is 2.38. The lowest BCUT2D eigenvalue weighted by atomic mass is 9.95. The first-order valence-corrected chi connectivity index (χ1v) is 9.88. The van der Waals surface area contributed by atoms with Gasteiger partial charge in [-0.1, -0.05) is 17.7 Å². The first-order valence-electron chi connectivity index (χ1n) is 8.69. The number of hydrogen-bond donors (Lipinski definition) is 2. The largest absolute Gasteiger partial charge is 0.450 e. The molecule has 0 fully saturated rings. The quantitative estimate of drug-likeness (QED) is 0.787. The van der Waals surface area contributed by atoms with Crippen LogP contribution in [0.4, 0.5) is 9.80 Å². The predicted molar refractivity (Wildman–Crippen MR) is 105 cm³/mol. The number of imide groups is 1. The summed E-state index contributed by atoms with van der Waals surface area (Å²) >= 11 is 7.33. The van der Waals surface area contributed by atoms with E-state index in [1.165, 1.54) is 11.3 Å². The van der Waals surface area contributed by atoms with Crippen LogP contribution in [0.5, 0.6) is 0 Å². The van der Waals surface area contributed by atoms with Crippen LogP contribution in [-0.4, -0.2) is 24.5 Å². The molecule has 0 atom stereocenters. The summed E-state index contributed by atoms with van der Waals surface area (Å²) < 4.78 is 4.79. The second kappa shape index (κ2) is 8.54. The van der Waals surface area contributed by atoms with E-state index in [0.29, 0.717) is 21.2 Å². The Bertz CT molecular complexity index is 894. The van der Waals surface area contributed by atoms with Gasteiger partial charge in [-0.3, -0.25) is 14.9 Å². The Morgan fingerprint density at radius 2 is 1.96 bits per heavy atom. The minimum absolute atomic E-state index is 0.166. The van der Waals surface area contributed by atoms with Gasteiger partial charge in [-0.15, -0.1) is 11.3 Å². The summed E-state index contributed by atoms with van der Waals surface area (Å²) in [6, 6.07) is 6.57. The van der Waals surface area contributed by atoms with E-state index in [-0.39, 0.29) is 12.5 Å². The lowest BCUT2D eigenvalue weighted by Gasteiger charge is -2.13. The standard InChI is InChI=1S/C19H19ClN2O4S/c1-2-26-19(25)22-17(24)15-13-8-3-4-9-14(13)27-18(15)21-16(23)11-6-5-7-12(20)10-11/h5-7,10H,2-4,8-9H2,1H3,(H,21,23)(H,22,24,25). The van der Waals surface area contributed by atoms with Gasteiger partial charge in [-0.05, 0) is 56.4 Å². The summed E-state index contributed by atoms with van der Waals surface area (Å²) in [6.45, 7) is 1.83. The molecule has 6 nitrogen and oxygen atoms in total. The molecule has 0 radical (unpaired) electrons. The summed E-state index contributed by atoms with van der Waals surface area (Å²) in [5.74, 6) is -0.921. The fourth-order valence-corrected chi connectivity index (χ4v) is 4.49. The summed E-state index contributed by atoms with van der Waals surface area (Å²) in [6.07, 6.45) is 2.79. The Kier molecular flexibility index (Phi) is 6.13. The van der Waals surface area contributed by atoms with Crippen LogP contribution in [0.15, 0.2) is 24.3 Å². The molecule has 1 aromatic carbocycles. The fraction of sp³-hybridized carbons (Fsp3) is 0.316. The van der Waals surface area contributed by atoms with Gasteiger partial charge in [0.05, 0.1) is 12.2 Å². The predicted octanol–water partition coefficient (Wildman–Crippen LogP) is 4.42. The van der Waals surface area contributed by atoms with E-state index in [2.05, 4.69) is 10.6 Å². The van der Waals surface area contributed by atoms with Crippen molar-refractivity contribution >= 4 is 45.8 Å². The summed E-state index contributed by atoms with van der Waals surface area (Å²) in [5.41, 5.74) is 1.64. The molecule has 0 saturated heterocycles. The third kappa shape index (κ3) is 4.48. The SMILES string of the molecule is CCOC(=O)NC(=O)c1c(NC(=O)c2cccc(Cl)c2)sc2c1CCCC2. The highest BCUT2D eigenvalue weighted by Gasteiger charge is 2.27. The van der Waals surface area contributed by atoms with Crippen LogP contribution in [0.1, 0.15) is 50.9 Å². The Morgan fingerprint density at radius 3 is 2.70 bits per heavy atom. The molecule has 3 rings (SSSR count). The smallest absolute Gasteiger partial charge is 0.414 e. The number of halogens is 1. The molecule has 0 aliphatic heterocycles. The molecule has 0 bridgehead atoms. The van der Waals surface area contributed by atoms with E-state index in [1.54, 1.807) is 31.2 Å². The van der Waals surface area contributed by atoms with Crippen molar-refractivity contribution in [1.82, 2.24) is 5.32 Å². The second-order valence-electron chi connectivity index (χ2n) is 6.05. The molecule has 0 saturated carbocycles. The number of anilines is 1. The van der Waals surface area contributed by atoms with Gasteiger partial charge in [0.2, 0.25) is 0 Å². The van der Waals surface area contributed by atoms with Crippen LogP contribution in [0.3, 0.4) is 0 Å². The van der Waals surface area contributed by atoms with Gasteiger partial charge >= 0.3 is 6.09 Å². The van der Waals surface area contributed by atoms with Gasteiger partial charge < -0.3 is 10.1 Å². The first-order chi connectivity index (χ1) is 13.0. The van der Waals surface area contributed by atoms with E-state index in [0.717, 1.165) is 36.1 Å². The van der Waals surface area contributed by atoms with E-state index >= 15 is 0 Å². The molecule has 142 valence electrons. The zero-order valence-corrected chi connectivity index (χ0v) is 16.3. The van der Waals surface area contributed by atoms with Crippen LogP contribution in [0, 0.1) is 0 Å². The molecule has 0 spiro atoms. The van der Waals surface area contributed by atoms with Crippen molar-refractivity contribution in [2.24, 2.45) is 0 Å². The van der Waals surface area contributed by atoms with Gasteiger partial charge in [-0.2, -0.15) is 0 Å². The molecular weight excluding hydrogens is 388 g/mol. The number of alkyl carbamates (subject to hydrolysis) is 1. The van der Waals surface area contributed by atoms with Gasteiger partial charge in [0.15, 0.2) is 0 Å². The number of thiophene rings is 1. The summed E-state index contributed by atoms with van der Waals surface area (Å²) in [4.78, 5) is 38.0. The van der Waals surface area contributed by atoms with Gasteiger partial charge in [0.1, 0.15) is 5.00 Å². The monoisotopic (exact) mass is 406 g/mol.